The molecule has 0 radical (unpaired) electrons. The van der Waals surface area contributed by atoms with E-state index < -0.39 is 0 Å². The number of benzene rings is 1. The van der Waals surface area contributed by atoms with Crippen LogP contribution in [0.3, 0.4) is 0 Å². The molecule has 4 heteroatoms. The van der Waals surface area contributed by atoms with Crippen LogP contribution in [0, 0.1) is 17.6 Å². The van der Waals surface area contributed by atoms with Crippen LogP contribution in [0.1, 0.15) is 18.4 Å². The average molecular weight is 275 g/mol. The summed E-state index contributed by atoms with van der Waals surface area (Å²) in [6, 6.07) is 6.41. The van der Waals surface area contributed by atoms with E-state index in [2.05, 4.69) is 46.6 Å². The summed E-state index contributed by atoms with van der Waals surface area (Å²) in [7, 11) is 2.21. The van der Waals surface area contributed by atoms with E-state index in [1.54, 1.807) is 0 Å². The molecule has 1 aliphatic heterocycles. The molecule has 1 unspecified atom stereocenters. The molecule has 1 aromatic heterocycles. The molecule has 0 aliphatic carbocycles. The molecule has 2 heterocycles. The van der Waals surface area contributed by atoms with Gasteiger partial charge >= 0.3 is 0 Å². The first-order valence-corrected chi connectivity index (χ1v) is 7.42. The molecule has 102 valence electrons. The van der Waals surface area contributed by atoms with Gasteiger partial charge in [0, 0.05) is 13.1 Å². The van der Waals surface area contributed by atoms with Gasteiger partial charge in [-0.15, -0.1) is 0 Å². The first-order valence-electron chi connectivity index (χ1n) is 7.02. The first-order chi connectivity index (χ1) is 9.15. The zero-order valence-electron chi connectivity index (χ0n) is 11.6. The van der Waals surface area contributed by atoms with Crippen molar-refractivity contribution in [2.75, 3.05) is 20.1 Å². The monoisotopic (exact) mass is 275 g/mol. The molecule has 2 aromatic rings. The highest BCUT2D eigenvalue weighted by Gasteiger charge is 2.19. The van der Waals surface area contributed by atoms with Crippen molar-refractivity contribution < 1.29 is 0 Å². The molecule has 1 saturated heterocycles. The van der Waals surface area contributed by atoms with E-state index in [0.29, 0.717) is 5.92 Å². The molecule has 0 bridgehead atoms. The molecule has 0 saturated carbocycles. The lowest BCUT2D eigenvalue weighted by Crippen LogP contribution is -2.34. The van der Waals surface area contributed by atoms with Gasteiger partial charge in [0.2, 0.25) is 0 Å². The van der Waals surface area contributed by atoms with E-state index in [1.807, 2.05) is 0 Å². The molecule has 3 nitrogen and oxygen atoms in total. The maximum atomic E-state index is 5.50. The Morgan fingerprint density at radius 3 is 3.05 bits per heavy atom. The van der Waals surface area contributed by atoms with Crippen molar-refractivity contribution in [2.24, 2.45) is 5.92 Å². The van der Waals surface area contributed by atoms with Crippen LogP contribution in [0.15, 0.2) is 18.2 Å². The molecular weight excluding hydrogens is 254 g/mol. The number of fused-ring (bicyclic) bond motifs is 1. The third-order valence-electron chi connectivity index (χ3n) is 4.18. The lowest BCUT2D eigenvalue weighted by atomic mass is 9.98. The van der Waals surface area contributed by atoms with E-state index in [0.717, 1.165) is 11.3 Å². The minimum Gasteiger partial charge on any atom is -0.330 e. The summed E-state index contributed by atoms with van der Waals surface area (Å²) < 4.78 is 3.14. The van der Waals surface area contributed by atoms with Gasteiger partial charge in [-0.25, -0.2) is 0 Å². The van der Waals surface area contributed by atoms with Crippen LogP contribution < -0.4 is 0 Å². The molecule has 1 fully saturated rings. The molecule has 3 rings (SSSR count). The van der Waals surface area contributed by atoms with Crippen molar-refractivity contribution in [1.29, 1.82) is 0 Å². The van der Waals surface area contributed by atoms with Gasteiger partial charge in [0.1, 0.15) is 0 Å². The Morgan fingerprint density at radius 1 is 1.42 bits per heavy atom. The van der Waals surface area contributed by atoms with Crippen LogP contribution in [0.4, 0.5) is 0 Å². The molecule has 0 amide bonds. The van der Waals surface area contributed by atoms with Crippen LogP contribution in [-0.2, 0) is 6.54 Å². The third-order valence-corrected chi connectivity index (χ3v) is 4.50. The number of aromatic amines is 1. The lowest BCUT2D eigenvalue weighted by Gasteiger charge is -2.29. The summed E-state index contributed by atoms with van der Waals surface area (Å²) in [6.45, 7) is 5.58. The van der Waals surface area contributed by atoms with Crippen molar-refractivity contribution in [2.45, 2.75) is 26.3 Å². The first kappa shape index (κ1) is 12.9. The van der Waals surface area contributed by atoms with Gasteiger partial charge in [0.25, 0.3) is 0 Å². The Bertz CT molecular complexity index is 640. The molecule has 1 aliphatic rings. The predicted molar refractivity (Wildman–Crippen MR) is 82.1 cm³/mol. The highest BCUT2D eigenvalue weighted by molar-refractivity contribution is 7.71. The van der Waals surface area contributed by atoms with Crippen LogP contribution in [0.2, 0.25) is 0 Å². The minimum absolute atomic E-state index is 0.713. The number of nitrogens with one attached hydrogen (secondary N) is 1. The Morgan fingerprint density at radius 2 is 2.26 bits per heavy atom. The number of likely N-dealkylation sites (tertiary alicyclic amines) is 1. The SMILES string of the molecule is Cc1cccc2c1[nH]c(=S)n2CC1CCCN(C)C1. The topological polar surface area (TPSA) is 24.0 Å². The number of imidazole rings is 1. The zero-order chi connectivity index (χ0) is 13.4. The zero-order valence-corrected chi connectivity index (χ0v) is 12.5. The predicted octanol–water partition coefficient (Wildman–Crippen LogP) is 3.35. The fourth-order valence-corrected chi connectivity index (χ4v) is 3.46. The molecule has 1 aromatic carbocycles. The van der Waals surface area contributed by atoms with E-state index in [1.165, 1.54) is 42.5 Å². The second kappa shape index (κ2) is 5.10. The number of aromatic nitrogens is 2. The highest BCUT2D eigenvalue weighted by atomic mass is 32.1. The van der Waals surface area contributed by atoms with Gasteiger partial charge in [-0.2, -0.15) is 0 Å². The molecule has 19 heavy (non-hydrogen) atoms. The fourth-order valence-electron chi connectivity index (χ4n) is 3.19. The van der Waals surface area contributed by atoms with Gasteiger partial charge in [-0.1, -0.05) is 12.1 Å². The van der Waals surface area contributed by atoms with Crippen molar-refractivity contribution in [1.82, 2.24) is 14.5 Å². The average Bonchev–Trinajstić information content (AvgIpc) is 2.69. The Hall–Kier alpha value is -1.13. The number of piperidine rings is 1. The maximum absolute atomic E-state index is 5.50. The number of H-pyrrole nitrogens is 1. The van der Waals surface area contributed by atoms with Gasteiger partial charge in [-0.3, -0.25) is 0 Å². The molecular formula is C15H21N3S. The van der Waals surface area contributed by atoms with Crippen molar-refractivity contribution in [3.8, 4) is 0 Å². The summed E-state index contributed by atoms with van der Waals surface area (Å²) in [5.41, 5.74) is 3.71. The van der Waals surface area contributed by atoms with Gasteiger partial charge in [0.15, 0.2) is 4.77 Å². The van der Waals surface area contributed by atoms with Gasteiger partial charge in [-0.05, 0) is 63.1 Å². The van der Waals surface area contributed by atoms with Crippen LogP contribution in [-0.4, -0.2) is 34.6 Å². The summed E-state index contributed by atoms with van der Waals surface area (Å²) in [6.07, 6.45) is 2.61. The summed E-state index contributed by atoms with van der Waals surface area (Å²) >= 11 is 5.50. The number of nitrogens with zero attached hydrogens (tertiary/aromatic N) is 2. The van der Waals surface area contributed by atoms with E-state index in [-0.39, 0.29) is 0 Å². The Kier molecular flexibility index (Phi) is 3.46. The second-order valence-electron chi connectivity index (χ2n) is 5.78. The fraction of sp³-hybridized carbons (Fsp3) is 0.533. The number of rotatable bonds is 2. The van der Waals surface area contributed by atoms with E-state index in [4.69, 9.17) is 12.2 Å². The van der Waals surface area contributed by atoms with Crippen LogP contribution in [0.25, 0.3) is 11.0 Å². The lowest BCUT2D eigenvalue weighted by molar-refractivity contribution is 0.195. The number of hydrogen-bond acceptors (Lipinski definition) is 2. The Labute approximate surface area is 119 Å². The number of hydrogen-bond donors (Lipinski definition) is 1. The Balaban J connectivity index is 1.94. The van der Waals surface area contributed by atoms with E-state index in [9.17, 15) is 0 Å². The smallest absolute Gasteiger partial charge is 0.178 e. The molecule has 1 N–H and O–H groups in total. The highest BCUT2D eigenvalue weighted by Crippen LogP contribution is 2.22. The normalized spacial score (nSPS) is 21.1. The number of para-hydroxylation sites is 1. The quantitative estimate of drug-likeness (QED) is 0.850. The van der Waals surface area contributed by atoms with Crippen molar-refractivity contribution in [3.63, 3.8) is 0 Å². The minimum atomic E-state index is 0.713. The summed E-state index contributed by atoms with van der Waals surface area (Å²) in [4.78, 5) is 5.79. The second-order valence-corrected chi connectivity index (χ2v) is 6.17. The standard InChI is InChI=1S/C15H21N3S/c1-11-5-3-7-13-14(11)16-15(19)18(13)10-12-6-4-8-17(2)9-12/h3,5,7,12H,4,6,8-10H2,1-2H3,(H,16,19). The van der Waals surface area contributed by atoms with Gasteiger partial charge < -0.3 is 14.5 Å². The summed E-state index contributed by atoms with van der Waals surface area (Å²) in [5, 5.41) is 0. The van der Waals surface area contributed by atoms with Crippen molar-refractivity contribution >= 4 is 23.3 Å². The molecule has 0 spiro atoms. The third kappa shape index (κ3) is 2.47. The maximum Gasteiger partial charge on any atom is 0.178 e. The van der Waals surface area contributed by atoms with Crippen LogP contribution >= 0.6 is 12.2 Å². The van der Waals surface area contributed by atoms with E-state index >= 15 is 0 Å². The van der Waals surface area contributed by atoms with Gasteiger partial charge in [0.05, 0.1) is 11.0 Å². The number of aryl methyl sites for hydroxylation is 1. The largest absolute Gasteiger partial charge is 0.330 e. The van der Waals surface area contributed by atoms with Crippen LogP contribution in [0.5, 0.6) is 0 Å². The summed E-state index contributed by atoms with van der Waals surface area (Å²) in [5.74, 6) is 0.713. The van der Waals surface area contributed by atoms with Crippen molar-refractivity contribution in [3.05, 3.63) is 28.5 Å². The molecule has 1 atom stereocenters.